The van der Waals surface area contributed by atoms with Gasteiger partial charge >= 0.3 is 7.82 Å². The van der Waals surface area contributed by atoms with Crippen molar-refractivity contribution in [2.45, 2.75) is 111 Å². The lowest BCUT2D eigenvalue weighted by Crippen LogP contribution is -2.41. The molecular weight excluding hydrogens is 535 g/mol. The van der Waals surface area contributed by atoms with Crippen molar-refractivity contribution in [1.82, 2.24) is 0 Å². The van der Waals surface area contributed by atoms with E-state index in [0.29, 0.717) is 18.8 Å². The molecule has 6 nitrogen and oxygen atoms in total. The van der Waals surface area contributed by atoms with Gasteiger partial charge in [-0.15, -0.1) is 0 Å². The Morgan fingerprint density at radius 3 is 2.00 bits per heavy atom. The summed E-state index contributed by atoms with van der Waals surface area (Å²) in [5.74, 6) is 0.430. The molecule has 1 N–H and O–H groups in total. The lowest BCUT2D eigenvalue weighted by Gasteiger charge is -2.38. The Kier molecular flexibility index (Phi) is 11.6. The van der Waals surface area contributed by atoms with Crippen LogP contribution in [0.4, 0.5) is 0 Å². The molecule has 0 aliphatic carbocycles. The summed E-state index contributed by atoms with van der Waals surface area (Å²) < 4.78 is 38.2. The summed E-state index contributed by atoms with van der Waals surface area (Å²) in [6, 6.07) is 3.78. The SMILES string of the molecule is CC(C)OP(=O)(Oc1cc(Br)cc(CCO)c1C(C)(C)CCO[Si](C)(C)C(C)(C)C)OC(C)C. The maximum Gasteiger partial charge on any atom is 0.530 e. The Hall–Kier alpha value is -0.213. The molecule has 0 unspecified atom stereocenters. The van der Waals surface area contributed by atoms with Gasteiger partial charge in [0.15, 0.2) is 8.32 Å². The maximum absolute atomic E-state index is 13.6. The van der Waals surface area contributed by atoms with Crippen LogP contribution in [-0.4, -0.2) is 38.8 Å². The summed E-state index contributed by atoms with van der Waals surface area (Å²) in [7, 11) is -5.79. The number of phosphoric ester groups is 1. The molecule has 0 fully saturated rings. The van der Waals surface area contributed by atoms with Crippen molar-refractivity contribution in [1.29, 1.82) is 0 Å². The van der Waals surface area contributed by atoms with Gasteiger partial charge in [0.05, 0.1) is 12.2 Å². The van der Waals surface area contributed by atoms with Crippen molar-refractivity contribution in [3.05, 3.63) is 27.7 Å². The largest absolute Gasteiger partial charge is 0.530 e. The van der Waals surface area contributed by atoms with Gasteiger partial charge < -0.3 is 14.1 Å². The van der Waals surface area contributed by atoms with E-state index in [0.717, 1.165) is 22.0 Å². The van der Waals surface area contributed by atoms with E-state index in [1.807, 2.05) is 6.07 Å². The average molecular weight is 582 g/mol. The van der Waals surface area contributed by atoms with E-state index in [9.17, 15) is 9.67 Å². The van der Waals surface area contributed by atoms with Gasteiger partial charge in [0.2, 0.25) is 0 Å². The molecule has 0 aliphatic heterocycles. The fourth-order valence-electron chi connectivity index (χ4n) is 3.40. The Bertz CT molecular complexity index is 835. The van der Waals surface area contributed by atoms with E-state index < -0.39 is 16.1 Å². The van der Waals surface area contributed by atoms with Crippen LogP contribution in [0.2, 0.25) is 18.1 Å². The van der Waals surface area contributed by atoms with Crippen LogP contribution >= 0.6 is 23.8 Å². The number of hydrogen-bond donors (Lipinski definition) is 1. The Morgan fingerprint density at radius 2 is 1.56 bits per heavy atom. The summed E-state index contributed by atoms with van der Waals surface area (Å²) in [6.07, 6.45) is 0.486. The quantitative estimate of drug-likeness (QED) is 0.188. The first-order valence-electron chi connectivity index (χ1n) is 12.1. The molecule has 0 saturated heterocycles. The van der Waals surface area contributed by atoms with Crippen LogP contribution in [0.5, 0.6) is 5.75 Å². The first-order valence-corrected chi connectivity index (χ1v) is 17.2. The van der Waals surface area contributed by atoms with Gasteiger partial charge in [-0.1, -0.05) is 50.5 Å². The highest BCUT2D eigenvalue weighted by Crippen LogP contribution is 2.54. The predicted molar refractivity (Wildman–Crippen MR) is 146 cm³/mol. The van der Waals surface area contributed by atoms with Crippen LogP contribution in [-0.2, 0) is 29.9 Å². The van der Waals surface area contributed by atoms with Gasteiger partial charge in [-0.25, -0.2) is 4.57 Å². The number of benzene rings is 1. The normalized spacial score (nSPS) is 13.7. The third kappa shape index (κ3) is 9.34. The monoisotopic (exact) mass is 580 g/mol. The summed E-state index contributed by atoms with van der Waals surface area (Å²) in [6.45, 7) is 23.2. The highest BCUT2D eigenvalue weighted by Gasteiger charge is 2.39. The molecule has 0 saturated carbocycles. The first-order chi connectivity index (χ1) is 15.3. The van der Waals surface area contributed by atoms with E-state index >= 15 is 0 Å². The second-order valence-electron chi connectivity index (χ2n) is 11.5. The van der Waals surface area contributed by atoms with Gasteiger partial charge in [0, 0.05) is 23.2 Å². The first kappa shape index (κ1) is 31.8. The second-order valence-corrected chi connectivity index (χ2v) is 18.7. The van der Waals surface area contributed by atoms with Crippen LogP contribution in [0.25, 0.3) is 0 Å². The number of rotatable bonds is 13. The summed E-state index contributed by atoms with van der Waals surface area (Å²) in [5.41, 5.74) is 1.41. The van der Waals surface area contributed by atoms with Crippen LogP contribution in [0.3, 0.4) is 0 Å². The Balaban J connectivity index is 3.44. The van der Waals surface area contributed by atoms with Crippen LogP contribution < -0.4 is 4.52 Å². The van der Waals surface area contributed by atoms with Crippen molar-refractivity contribution < 1.29 is 27.7 Å². The highest BCUT2D eigenvalue weighted by atomic mass is 79.9. The molecule has 0 radical (unpaired) electrons. The third-order valence-corrected chi connectivity index (χ3v) is 12.9. The minimum absolute atomic E-state index is 0.0118. The van der Waals surface area contributed by atoms with E-state index in [2.05, 4.69) is 63.6 Å². The van der Waals surface area contributed by atoms with Gasteiger partial charge in [0.25, 0.3) is 0 Å². The molecule has 0 aromatic heterocycles. The fraction of sp³-hybridized carbons (Fsp3) is 0.760. The molecule has 198 valence electrons. The Morgan fingerprint density at radius 1 is 1.03 bits per heavy atom. The summed E-state index contributed by atoms with van der Waals surface area (Å²) in [5, 5.41) is 9.88. The maximum atomic E-state index is 13.6. The molecule has 9 heteroatoms. The minimum Gasteiger partial charge on any atom is -0.417 e. The lowest BCUT2D eigenvalue weighted by atomic mass is 9.78. The molecule has 0 aliphatic rings. The van der Waals surface area contributed by atoms with Crippen molar-refractivity contribution in [2.75, 3.05) is 13.2 Å². The summed E-state index contributed by atoms with van der Waals surface area (Å²) >= 11 is 3.54. The Labute approximate surface area is 217 Å². The van der Waals surface area contributed by atoms with Crippen LogP contribution in [0, 0.1) is 0 Å². The number of hydrogen-bond acceptors (Lipinski definition) is 6. The van der Waals surface area contributed by atoms with Crippen molar-refractivity contribution >= 4 is 32.1 Å². The van der Waals surface area contributed by atoms with Gasteiger partial charge in [0.1, 0.15) is 5.75 Å². The molecule has 0 bridgehead atoms. The van der Waals surface area contributed by atoms with Gasteiger partial charge in [-0.2, -0.15) is 0 Å². The molecule has 34 heavy (non-hydrogen) atoms. The molecule has 0 spiro atoms. The molecule has 0 atom stereocenters. The molecule has 0 amide bonds. The molecule has 1 rings (SSSR count). The zero-order valence-electron chi connectivity index (χ0n) is 23.0. The number of halogens is 1. The highest BCUT2D eigenvalue weighted by molar-refractivity contribution is 9.10. The van der Waals surface area contributed by atoms with E-state index in [1.165, 1.54) is 0 Å². The van der Waals surface area contributed by atoms with Gasteiger partial charge in [-0.3, -0.25) is 9.05 Å². The number of aliphatic hydroxyl groups excluding tert-OH is 1. The topological polar surface area (TPSA) is 74.2 Å². The molecule has 0 heterocycles. The van der Waals surface area contributed by atoms with Crippen molar-refractivity contribution in [3.63, 3.8) is 0 Å². The molecule has 1 aromatic carbocycles. The average Bonchev–Trinajstić information content (AvgIpc) is 2.57. The fourth-order valence-corrected chi connectivity index (χ4v) is 6.48. The molecular formula is C25H46BrO6PSi. The zero-order valence-corrected chi connectivity index (χ0v) is 26.4. The van der Waals surface area contributed by atoms with Crippen LogP contribution in [0.15, 0.2) is 16.6 Å². The van der Waals surface area contributed by atoms with Crippen LogP contribution in [0.1, 0.15) is 79.9 Å². The number of aliphatic hydroxyl groups is 1. The minimum atomic E-state index is -3.89. The lowest BCUT2D eigenvalue weighted by molar-refractivity contribution is 0.103. The predicted octanol–water partition coefficient (Wildman–Crippen LogP) is 8.01. The van der Waals surface area contributed by atoms with E-state index in [-0.39, 0.29) is 29.3 Å². The number of phosphoric acid groups is 1. The smallest absolute Gasteiger partial charge is 0.417 e. The standard InChI is InChI=1S/C25H46BrO6PSi/c1-18(2)30-33(28,31-19(3)4)32-22-17-21(26)16-20(12-14-27)23(22)25(8,9)13-15-29-34(10,11)24(5,6)7/h16-19,27H,12-15H2,1-11H3. The molecule has 1 aromatic rings. The van der Waals surface area contributed by atoms with Crippen molar-refractivity contribution in [3.8, 4) is 5.75 Å². The summed E-state index contributed by atoms with van der Waals surface area (Å²) in [4.78, 5) is 0. The van der Waals surface area contributed by atoms with Crippen molar-refractivity contribution in [2.24, 2.45) is 0 Å². The second kappa shape index (κ2) is 12.4. The third-order valence-electron chi connectivity index (χ3n) is 6.09. The van der Waals surface area contributed by atoms with E-state index in [1.54, 1.807) is 33.8 Å². The zero-order chi connectivity index (χ0) is 26.5. The van der Waals surface area contributed by atoms with E-state index in [4.69, 9.17) is 18.0 Å². The van der Waals surface area contributed by atoms with Gasteiger partial charge in [-0.05, 0) is 81.8 Å².